The van der Waals surface area contributed by atoms with E-state index in [0.717, 1.165) is 0 Å². The number of alkyl halides is 2. The first-order valence-electron chi connectivity index (χ1n) is 7.05. The number of halogens is 2. The molecule has 134 valence electrons. The maximum absolute atomic E-state index is 12.3. The molecule has 0 saturated heterocycles. The van der Waals surface area contributed by atoms with E-state index in [1.54, 1.807) is 0 Å². The summed E-state index contributed by atoms with van der Waals surface area (Å²) >= 11 is 0. The third-order valence-electron chi connectivity index (χ3n) is 3.26. The number of carbonyl (C=O) groups is 2. The van der Waals surface area contributed by atoms with Crippen LogP contribution in [-0.4, -0.2) is 30.7 Å². The number of methoxy groups -OCH3 is 1. The minimum atomic E-state index is -3.01. The number of ether oxygens (including phenoxy) is 2. The van der Waals surface area contributed by atoms with Gasteiger partial charge in [-0.25, -0.2) is 4.79 Å². The van der Waals surface area contributed by atoms with Gasteiger partial charge < -0.3 is 24.3 Å². The second-order valence-electron chi connectivity index (χ2n) is 4.91. The van der Waals surface area contributed by atoms with Crippen LogP contribution in [0.2, 0.25) is 0 Å². The highest BCUT2D eigenvalue weighted by atomic mass is 19.3. The molecule has 1 heterocycles. The molecule has 1 amide bonds. The number of hydrogen-bond donors (Lipinski definition) is 2. The third-order valence-corrected chi connectivity index (χ3v) is 3.26. The lowest BCUT2D eigenvalue weighted by molar-refractivity contribution is -0.0512. The molecule has 9 heteroatoms. The Bertz CT molecular complexity index is 787. The van der Waals surface area contributed by atoms with Crippen LogP contribution in [0, 0.1) is 6.92 Å². The molecule has 0 saturated carbocycles. The summed E-state index contributed by atoms with van der Waals surface area (Å²) < 4.78 is 39.0. The van der Waals surface area contributed by atoms with Crippen molar-refractivity contribution in [2.45, 2.75) is 20.1 Å². The van der Waals surface area contributed by atoms with Gasteiger partial charge in [-0.3, -0.25) is 4.79 Å². The van der Waals surface area contributed by atoms with E-state index in [0.29, 0.717) is 0 Å². The molecule has 0 radical (unpaired) electrons. The molecular formula is C16H15F2NO6. The van der Waals surface area contributed by atoms with Crippen LogP contribution < -0.4 is 14.8 Å². The molecule has 1 aromatic carbocycles. The molecular weight excluding hydrogens is 340 g/mol. The fraction of sp³-hybridized carbons (Fsp3) is 0.250. The number of benzene rings is 1. The molecule has 0 atom stereocenters. The lowest BCUT2D eigenvalue weighted by Crippen LogP contribution is -2.22. The zero-order chi connectivity index (χ0) is 18.6. The van der Waals surface area contributed by atoms with Crippen LogP contribution in [0.4, 0.5) is 8.78 Å². The number of amides is 1. The van der Waals surface area contributed by atoms with Crippen LogP contribution in [-0.2, 0) is 6.54 Å². The van der Waals surface area contributed by atoms with Crippen LogP contribution in [0.5, 0.6) is 11.5 Å². The summed E-state index contributed by atoms with van der Waals surface area (Å²) in [4.78, 5) is 23.1. The lowest BCUT2D eigenvalue weighted by atomic mass is 10.2. The Kier molecular flexibility index (Phi) is 5.58. The quantitative estimate of drug-likeness (QED) is 0.793. The number of carboxylic acid groups (broad SMARTS) is 1. The molecule has 0 aliphatic heterocycles. The number of aromatic carboxylic acids is 1. The second-order valence-corrected chi connectivity index (χ2v) is 4.91. The maximum Gasteiger partial charge on any atom is 0.387 e. The molecule has 0 aliphatic rings. The molecule has 2 N–H and O–H groups in total. The van der Waals surface area contributed by atoms with E-state index in [2.05, 4.69) is 10.1 Å². The Hall–Kier alpha value is -3.10. The molecule has 25 heavy (non-hydrogen) atoms. The van der Waals surface area contributed by atoms with E-state index in [4.69, 9.17) is 14.3 Å². The van der Waals surface area contributed by atoms with Gasteiger partial charge in [-0.15, -0.1) is 0 Å². The van der Waals surface area contributed by atoms with Crippen LogP contribution in [0.15, 0.2) is 28.7 Å². The predicted octanol–water partition coefficient (Wildman–Crippen LogP) is 2.83. The highest BCUT2D eigenvalue weighted by Gasteiger charge is 2.16. The van der Waals surface area contributed by atoms with Gasteiger partial charge in [-0.1, -0.05) is 0 Å². The van der Waals surface area contributed by atoms with Gasteiger partial charge in [0.25, 0.3) is 5.91 Å². The summed E-state index contributed by atoms with van der Waals surface area (Å²) in [5.74, 6) is -1.36. The van der Waals surface area contributed by atoms with Crippen molar-refractivity contribution in [2.75, 3.05) is 7.11 Å². The SMILES string of the molecule is COc1cc(C(=O)NCc2cc(C(=O)O)c(C)o2)ccc1OC(F)F. The molecule has 2 rings (SSSR count). The number of carbonyl (C=O) groups excluding carboxylic acids is 1. The van der Waals surface area contributed by atoms with Gasteiger partial charge in [0.2, 0.25) is 0 Å². The molecule has 1 aromatic heterocycles. The van der Waals surface area contributed by atoms with E-state index in [-0.39, 0.29) is 40.7 Å². The average Bonchev–Trinajstić information content (AvgIpc) is 2.93. The first kappa shape index (κ1) is 18.2. The maximum atomic E-state index is 12.3. The summed E-state index contributed by atoms with van der Waals surface area (Å²) in [6.07, 6.45) is 0. The molecule has 0 spiro atoms. The normalized spacial score (nSPS) is 10.6. The molecule has 2 aromatic rings. The number of aryl methyl sites for hydroxylation is 1. The van der Waals surface area contributed by atoms with Gasteiger partial charge in [0.15, 0.2) is 11.5 Å². The van der Waals surface area contributed by atoms with Crippen LogP contribution in [0.25, 0.3) is 0 Å². The Balaban J connectivity index is 2.08. The van der Waals surface area contributed by atoms with Gasteiger partial charge in [0.1, 0.15) is 17.1 Å². The number of nitrogens with one attached hydrogen (secondary N) is 1. The van der Waals surface area contributed by atoms with Gasteiger partial charge in [-0.2, -0.15) is 8.78 Å². The van der Waals surface area contributed by atoms with E-state index in [9.17, 15) is 18.4 Å². The minimum Gasteiger partial charge on any atom is -0.493 e. The molecule has 0 aliphatic carbocycles. The monoisotopic (exact) mass is 355 g/mol. The van der Waals surface area contributed by atoms with E-state index in [1.165, 1.54) is 38.3 Å². The number of hydrogen-bond acceptors (Lipinski definition) is 5. The predicted molar refractivity (Wildman–Crippen MR) is 81.2 cm³/mol. The van der Waals surface area contributed by atoms with Crippen molar-refractivity contribution < 1.29 is 37.4 Å². The highest BCUT2D eigenvalue weighted by Crippen LogP contribution is 2.29. The Morgan fingerprint density at radius 1 is 1.28 bits per heavy atom. The van der Waals surface area contributed by atoms with Gasteiger partial charge in [0, 0.05) is 5.56 Å². The van der Waals surface area contributed by atoms with Gasteiger partial charge in [-0.05, 0) is 31.2 Å². The first-order chi connectivity index (χ1) is 11.8. The summed E-state index contributed by atoms with van der Waals surface area (Å²) in [7, 11) is 1.26. The van der Waals surface area contributed by atoms with Crippen LogP contribution >= 0.6 is 0 Å². The molecule has 0 fully saturated rings. The molecule has 0 bridgehead atoms. The smallest absolute Gasteiger partial charge is 0.387 e. The summed E-state index contributed by atoms with van der Waals surface area (Å²) in [5, 5.41) is 11.5. The fourth-order valence-electron chi connectivity index (χ4n) is 2.11. The van der Waals surface area contributed by atoms with Gasteiger partial charge >= 0.3 is 12.6 Å². The topological polar surface area (TPSA) is 98.0 Å². The van der Waals surface area contributed by atoms with Crippen molar-refractivity contribution in [1.82, 2.24) is 5.32 Å². The minimum absolute atomic E-state index is 0.0134. The fourth-order valence-corrected chi connectivity index (χ4v) is 2.11. The highest BCUT2D eigenvalue weighted by molar-refractivity contribution is 5.95. The zero-order valence-corrected chi connectivity index (χ0v) is 13.3. The second kappa shape index (κ2) is 7.65. The van der Waals surface area contributed by atoms with E-state index in [1.807, 2.05) is 0 Å². The van der Waals surface area contributed by atoms with Gasteiger partial charge in [0.05, 0.1) is 13.7 Å². The Labute approximate surface area is 141 Å². The number of furan rings is 1. The largest absolute Gasteiger partial charge is 0.493 e. The third kappa shape index (κ3) is 4.46. The first-order valence-corrected chi connectivity index (χ1v) is 7.05. The average molecular weight is 355 g/mol. The van der Waals surface area contributed by atoms with Crippen molar-refractivity contribution in [3.8, 4) is 11.5 Å². The molecule has 0 unspecified atom stereocenters. The lowest BCUT2D eigenvalue weighted by Gasteiger charge is -2.11. The zero-order valence-electron chi connectivity index (χ0n) is 13.3. The van der Waals surface area contributed by atoms with E-state index >= 15 is 0 Å². The Morgan fingerprint density at radius 2 is 2.00 bits per heavy atom. The summed E-state index contributed by atoms with van der Waals surface area (Å²) in [5.41, 5.74) is 0.166. The van der Waals surface area contributed by atoms with Crippen LogP contribution in [0.1, 0.15) is 32.2 Å². The van der Waals surface area contributed by atoms with Crippen molar-refractivity contribution in [1.29, 1.82) is 0 Å². The Morgan fingerprint density at radius 3 is 2.56 bits per heavy atom. The van der Waals surface area contributed by atoms with Crippen molar-refractivity contribution in [3.63, 3.8) is 0 Å². The summed E-state index contributed by atoms with van der Waals surface area (Å²) in [6.45, 7) is -1.55. The van der Waals surface area contributed by atoms with Crippen molar-refractivity contribution in [2.24, 2.45) is 0 Å². The number of rotatable bonds is 7. The van der Waals surface area contributed by atoms with Crippen molar-refractivity contribution in [3.05, 3.63) is 46.9 Å². The van der Waals surface area contributed by atoms with Crippen LogP contribution in [0.3, 0.4) is 0 Å². The van der Waals surface area contributed by atoms with E-state index < -0.39 is 18.5 Å². The summed E-state index contributed by atoms with van der Waals surface area (Å²) in [6, 6.07) is 5.06. The number of carboxylic acids is 1. The van der Waals surface area contributed by atoms with Crippen molar-refractivity contribution >= 4 is 11.9 Å². The standard InChI is InChI=1S/C16H15F2NO6/c1-8-11(15(21)22)6-10(24-8)7-19-14(20)9-3-4-12(25-16(17)18)13(5-9)23-2/h3-6,16H,7H2,1-2H3,(H,19,20)(H,21,22). The molecule has 7 nitrogen and oxygen atoms in total.